The first-order valence-corrected chi connectivity index (χ1v) is 6.31. The van der Waals surface area contributed by atoms with Crippen LogP contribution in [0, 0.1) is 0 Å². The lowest BCUT2D eigenvalue weighted by Gasteiger charge is -1.97. The third-order valence-electron chi connectivity index (χ3n) is 1.42. The van der Waals surface area contributed by atoms with Crippen molar-refractivity contribution in [2.75, 3.05) is 13.2 Å². The molecule has 0 saturated carbocycles. The van der Waals surface area contributed by atoms with Gasteiger partial charge in [0.15, 0.2) is 0 Å². The summed E-state index contributed by atoms with van der Waals surface area (Å²) in [6.07, 6.45) is 5.77. The predicted octanol–water partition coefficient (Wildman–Crippen LogP) is 4.02. The summed E-state index contributed by atoms with van der Waals surface area (Å²) in [6, 6.07) is 0. The molecule has 0 aliphatic carbocycles. The van der Waals surface area contributed by atoms with Crippen LogP contribution in [-0.2, 0) is 19.1 Å². The smallest absolute Gasteiger partial charge is 0.330 e. The Morgan fingerprint density at radius 2 is 1.33 bits per heavy atom. The first-order valence-electron chi connectivity index (χ1n) is 6.31. The van der Waals surface area contributed by atoms with Gasteiger partial charge in [0.1, 0.15) is 6.61 Å². The molecule has 0 bridgehead atoms. The molecular weight excluding hydrogens is 268 g/mol. The second kappa shape index (κ2) is 30.6. The fraction of sp³-hybridized carbons (Fsp3) is 0.294. The monoisotopic (exact) mass is 296 g/mol. The van der Waals surface area contributed by atoms with Gasteiger partial charge in [0.05, 0.1) is 6.61 Å². The van der Waals surface area contributed by atoms with E-state index in [1.807, 2.05) is 6.92 Å². The summed E-state index contributed by atoms with van der Waals surface area (Å²) < 4.78 is 9.14. The Balaban J connectivity index is -0.000000111. The van der Waals surface area contributed by atoms with Crippen molar-refractivity contribution in [2.45, 2.75) is 19.8 Å². The highest BCUT2D eigenvalue weighted by Gasteiger charge is 1.91. The van der Waals surface area contributed by atoms with Gasteiger partial charge in [-0.05, 0) is 6.42 Å². The normalized spacial score (nSPS) is 6.90. The lowest BCUT2D eigenvalue weighted by molar-refractivity contribution is -0.138. The molecule has 4 heteroatoms. The Hall–Kier alpha value is -2.36. The van der Waals surface area contributed by atoms with Gasteiger partial charge in [0, 0.05) is 12.2 Å². The topological polar surface area (TPSA) is 52.6 Å². The maximum atomic E-state index is 10.3. The lowest BCUT2D eigenvalue weighted by atomic mass is 10.4. The molecule has 120 valence electrons. The fourth-order valence-corrected chi connectivity index (χ4v) is 0.576. The van der Waals surface area contributed by atoms with Gasteiger partial charge >= 0.3 is 11.9 Å². The van der Waals surface area contributed by atoms with Crippen molar-refractivity contribution in [2.24, 2.45) is 0 Å². The molecule has 0 fully saturated rings. The highest BCUT2D eigenvalue weighted by molar-refractivity contribution is 5.81. The number of hydrogen-bond acceptors (Lipinski definition) is 4. The molecule has 4 nitrogen and oxygen atoms in total. The zero-order valence-corrected chi connectivity index (χ0v) is 13.1. The summed E-state index contributed by atoms with van der Waals surface area (Å²) in [5.74, 6) is -0.742. The molecule has 0 aromatic carbocycles. The summed E-state index contributed by atoms with van der Waals surface area (Å²) in [5.41, 5.74) is 0. The van der Waals surface area contributed by atoms with Gasteiger partial charge in [0.2, 0.25) is 0 Å². The molecule has 0 aromatic heterocycles. The third kappa shape index (κ3) is 38.1. The summed E-state index contributed by atoms with van der Waals surface area (Å²) in [4.78, 5) is 20.5. The van der Waals surface area contributed by atoms with Crippen molar-refractivity contribution >= 4 is 11.9 Å². The zero-order valence-electron chi connectivity index (χ0n) is 13.1. The Labute approximate surface area is 129 Å². The summed E-state index contributed by atoms with van der Waals surface area (Å²) in [7, 11) is 0. The van der Waals surface area contributed by atoms with Crippen LogP contribution in [0.3, 0.4) is 0 Å². The van der Waals surface area contributed by atoms with Crippen molar-refractivity contribution in [1.29, 1.82) is 0 Å². The van der Waals surface area contributed by atoms with E-state index in [-0.39, 0.29) is 12.6 Å². The van der Waals surface area contributed by atoms with Crippen LogP contribution in [0.2, 0.25) is 0 Å². The minimum absolute atomic E-state index is 0.255. The summed E-state index contributed by atoms with van der Waals surface area (Å²) in [6.45, 7) is 24.6. The van der Waals surface area contributed by atoms with E-state index in [4.69, 9.17) is 0 Å². The number of esters is 2. The number of rotatable bonds is 7. The molecule has 0 unspecified atom stereocenters. The van der Waals surface area contributed by atoms with Crippen LogP contribution in [0.15, 0.2) is 64.3 Å². The van der Waals surface area contributed by atoms with Gasteiger partial charge in [-0.15, -0.1) is 26.3 Å². The molecule has 0 saturated heterocycles. The molecule has 0 aliphatic rings. The molecule has 0 rings (SSSR count). The van der Waals surface area contributed by atoms with Crippen LogP contribution in [-0.4, -0.2) is 25.2 Å². The van der Waals surface area contributed by atoms with E-state index in [0.29, 0.717) is 6.61 Å². The molecule has 0 heterocycles. The van der Waals surface area contributed by atoms with Crippen LogP contribution in [0.1, 0.15) is 19.8 Å². The predicted molar refractivity (Wildman–Crippen MR) is 89.9 cm³/mol. The molecule has 0 atom stereocenters. The fourth-order valence-electron chi connectivity index (χ4n) is 0.576. The van der Waals surface area contributed by atoms with E-state index < -0.39 is 5.97 Å². The zero-order chi connectivity index (χ0) is 17.5. The van der Waals surface area contributed by atoms with E-state index >= 15 is 0 Å². The molecule has 21 heavy (non-hydrogen) atoms. The van der Waals surface area contributed by atoms with E-state index in [1.165, 1.54) is 12.2 Å². The summed E-state index contributed by atoms with van der Waals surface area (Å²) in [5, 5.41) is 0. The first kappa shape index (κ1) is 27.1. The van der Waals surface area contributed by atoms with Crippen molar-refractivity contribution in [3.05, 3.63) is 64.3 Å². The van der Waals surface area contributed by atoms with Gasteiger partial charge in [-0.1, -0.05) is 39.2 Å². The Bertz CT molecular complexity index is 281. The molecule has 0 spiro atoms. The molecule has 0 aromatic rings. The maximum Gasteiger partial charge on any atom is 0.330 e. The highest BCUT2D eigenvalue weighted by atomic mass is 16.5. The Morgan fingerprint density at radius 3 is 1.67 bits per heavy atom. The molecule has 0 radical (unpaired) electrons. The number of carbonyl (C=O) groups excluding carboxylic acids is 2. The lowest BCUT2D eigenvalue weighted by Crippen LogP contribution is -2.00. The summed E-state index contributed by atoms with van der Waals surface area (Å²) >= 11 is 0. The number of ether oxygens (including phenoxy) is 2. The Kier molecular flexibility index (Phi) is 39.4. The van der Waals surface area contributed by atoms with Crippen molar-refractivity contribution < 1.29 is 19.1 Å². The van der Waals surface area contributed by atoms with Crippen molar-refractivity contribution in [3.8, 4) is 0 Å². The number of carbonyl (C=O) groups is 2. The number of hydrogen-bond donors (Lipinski definition) is 0. The number of unbranched alkanes of at least 4 members (excludes halogenated alkanes) is 1. The van der Waals surface area contributed by atoms with Gasteiger partial charge in [-0.3, -0.25) is 0 Å². The van der Waals surface area contributed by atoms with Crippen LogP contribution in [0.4, 0.5) is 0 Å². The largest absolute Gasteiger partial charge is 0.463 e. The van der Waals surface area contributed by atoms with E-state index in [1.54, 1.807) is 0 Å². The second-order valence-electron chi connectivity index (χ2n) is 2.85. The minimum Gasteiger partial charge on any atom is -0.463 e. The molecule has 0 N–H and O–H groups in total. The Morgan fingerprint density at radius 1 is 0.905 bits per heavy atom. The molecule has 0 amide bonds. The van der Waals surface area contributed by atoms with Crippen LogP contribution >= 0.6 is 0 Å². The molecule has 0 aliphatic heterocycles. The van der Waals surface area contributed by atoms with Gasteiger partial charge < -0.3 is 9.47 Å². The van der Waals surface area contributed by atoms with Gasteiger partial charge in [0.25, 0.3) is 0 Å². The average Bonchev–Trinajstić information content (AvgIpc) is 2.56. The van der Waals surface area contributed by atoms with Crippen LogP contribution in [0.5, 0.6) is 0 Å². The second-order valence-corrected chi connectivity index (χ2v) is 2.85. The third-order valence-corrected chi connectivity index (χ3v) is 1.42. The van der Waals surface area contributed by atoms with E-state index in [2.05, 4.69) is 55.5 Å². The van der Waals surface area contributed by atoms with Crippen molar-refractivity contribution in [1.82, 2.24) is 0 Å². The van der Waals surface area contributed by atoms with E-state index in [0.717, 1.165) is 18.9 Å². The van der Waals surface area contributed by atoms with Crippen LogP contribution in [0.25, 0.3) is 0 Å². The molecular formula is C17H28O4. The van der Waals surface area contributed by atoms with Gasteiger partial charge in [-0.25, -0.2) is 9.59 Å². The van der Waals surface area contributed by atoms with Crippen LogP contribution < -0.4 is 0 Å². The van der Waals surface area contributed by atoms with E-state index in [9.17, 15) is 9.59 Å². The first-order chi connectivity index (χ1) is 10.1. The standard InChI is InChI=1S/C7H12O2.C6H8O2.2C2H4/c1-3-5-6-9-7(8)4-2;1-3-5-8-6(7)4-2;2*1-2/h4H,2-3,5-6H2,1H3;3-4H,1-2,5H2;2*1-2H2. The average molecular weight is 296 g/mol. The minimum atomic E-state index is -0.412. The SMILES string of the molecule is C=C.C=C.C=CC(=O)OCCCC.C=CCOC(=O)C=C. The quantitative estimate of drug-likeness (QED) is 0.308. The maximum absolute atomic E-state index is 10.3. The highest BCUT2D eigenvalue weighted by Crippen LogP contribution is 1.88. The van der Waals surface area contributed by atoms with Crippen molar-refractivity contribution in [3.63, 3.8) is 0 Å². The van der Waals surface area contributed by atoms with Gasteiger partial charge in [-0.2, -0.15) is 0 Å².